The van der Waals surface area contributed by atoms with Crippen LogP contribution in [0.15, 0.2) is 41.9 Å². The number of fused-ring (bicyclic) bond motifs is 1. The molecule has 280 valence electrons. The normalized spacial score (nSPS) is 16.0. The van der Waals surface area contributed by atoms with E-state index in [-0.39, 0.29) is 24.4 Å². The van der Waals surface area contributed by atoms with Crippen LogP contribution in [0, 0.1) is 5.41 Å². The van der Waals surface area contributed by atoms with Gasteiger partial charge in [0.25, 0.3) is 5.91 Å². The Hall–Kier alpha value is -4.33. The quantitative estimate of drug-likeness (QED) is 0.127. The average molecular weight is 733 g/mol. The van der Waals surface area contributed by atoms with E-state index in [1.807, 2.05) is 17.6 Å². The molecule has 0 spiro atoms. The topological polar surface area (TPSA) is 159 Å². The fourth-order valence-electron chi connectivity index (χ4n) is 6.68. The Bertz CT molecular complexity index is 1930. The molecule has 1 saturated heterocycles. The first-order valence-electron chi connectivity index (χ1n) is 18.0. The third-order valence-corrected chi connectivity index (χ3v) is 10.0. The number of carboxylic acid groups (broad SMARTS) is 1. The third kappa shape index (κ3) is 8.82. The molecular weight excluding hydrogens is 681 g/mol. The van der Waals surface area contributed by atoms with Crippen LogP contribution in [-0.4, -0.2) is 78.6 Å². The van der Waals surface area contributed by atoms with Gasteiger partial charge >= 0.3 is 12.1 Å². The molecule has 4 aromatic rings. The molecule has 3 aromatic heterocycles. The van der Waals surface area contributed by atoms with Crippen LogP contribution in [0.1, 0.15) is 90.4 Å². The minimum absolute atomic E-state index is 0.0333. The van der Waals surface area contributed by atoms with Crippen molar-refractivity contribution in [3.8, 4) is 22.5 Å². The van der Waals surface area contributed by atoms with Gasteiger partial charge in [0.05, 0.1) is 22.1 Å². The first-order valence-corrected chi connectivity index (χ1v) is 18.9. The van der Waals surface area contributed by atoms with E-state index >= 15 is 0 Å². The molecular formula is C39H52N6O6S. The molecule has 1 aromatic carbocycles. The number of aliphatic hydroxyl groups excluding tert-OH is 1. The number of aryl methyl sites for hydroxylation is 1. The molecule has 0 radical (unpaired) electrons. The van der Waals surface area contributed by atoms with Crippen molar-refractivity contribution in [3.63, 3.8) is 0 Å². The van der Waals surface area contributed by atoms with Gasteiger partial charge in [0.1, 0.15) is 17.7 Å². The number of aliphatic carboxylic acids is 1. The van der Waals surface area contributed by atoms with Crippen molar-refractivity contribution < 1.29 is 29.3 Å². The zero-order valence-corrected chi connectivity index (χ0v) is 32.3. The number of thiazole rings is 1. The smallest absolute Gasteiger partial charge is 0.408 e. The number of amides is 2. The van der Waals surface area contributed by atoms with Crippen molar-refractivity contribution in [1.29, 1.82) is 0 Å². The maximum absolute atomic E-state index is 13.8. The van der Waals surface area contributed by atoms with Gasteiger partial charge in [-0.2, -0.15) is 0 Å². The summed E-state index contributed by atoms with van der Waals surface area (Å²) >= 11 is 1.39. The Morgan fingerprint density at radius 3 is 2.56 bits per heavy atom. The monoisotopic (exact) mass is 732 g/mol. The van der Waals surface area contributed by atoms with Crippen molar-refractivity contribution in [3.05, 3.63) is 58.2 Å². The Labute approximate surface area is 309 Å². The molecule has 0 bridgehead atoms. The highest BCUT2D eigenvalue weighted by atomic mass is 32.1. The number of alkyl carbamates (subject to hydrolysis) is 1. The van der Waals surface area contributed by atoms with Crippen molar-refractivity contribution in [1.82, 2.24) is 30.3 Å². The molecule has 0 unspecified atom stereocenters. The molecule has 1 aliphatic heterocycles. The number of hydrogen-bond donors (Lipinski definition) is 4. The number of benzene rings is 1. The number of pyridine rings is 1. The number of hydrogen-bond acceptors (Lipinski definition) is 9. The van der Waals surface area contributed by atoms with Crippen molar-refractivity contribution >= 4 is 40.2 Å². The summed E-state index contributed by atoms with van der Waals surface area (Å²) in [6, 6.07) is 8.50. The number of aromatic nitrogens is 3. The lowest BCUT2D eigenvalue weighted by molar-refractivity contribution is -0.147. The van der Waals surface area contributed by atoms with Crippen LogP contribution in [0.25, 0.3) is 33.4 Å². The Kier molecular flexibility index (Phi) is 11.8. The minimum atomic E-state index is -1.04. The summed E-state index contributed by atoms with van der Waals surface area (Å²) in [5.74, 6) is -1.29. The second-order valence-corrected chi connectivity index (χ2v) is 16.5. The summed E-state index contributed by atoms with van der Waals surface area (Å²) in [4.78, 5) is 48.0. The number of ether oxygens (including phenoxy) is 1. The van der Waals surface area contributed by atoms with Gasteiger partial charge in [-0.25, -0.2) is 15.2 Å². The number of nitrogens with zero attached hydrogens (tertiary/aromatic N) is 4. The van der Waals surface area contributed by atoms with Crippen LogP contribution in [0.4, 0.5) is 4.79 Å². The van der Waals surface area contributed by atoms with Crippen LogP contribution >= 0.6 is 11.3 Å². The highest BCUT2D eigenvalue weighted by molar-refractivity contribution is 7.10. The number of carboxylic acids is 1. The molecule has 2 atom stereocenters. The van der Waals surface area contributed by atoms with Gasteiger partial charge in [0.15, 0.2) is 0 Å². The highest BCUT2D eigenvalue weighted by Gasteiger charge is 2.34. The third-order valence-electron chi connectivity index (χ3n) is 9.17. The van der Waals surface area contributed by atoms with Crippen molar-refractivity contribution in [2.75, 3.05) is 13.2 Å². The Morgan fingerprint density at radius 2 is 1.90 bits per heavy atom. The first-order chi connectivity index (χ1) is 24.5. The van der Waals surface area contributed by atoms with Gasteiger partial charge in [0.2, 0.25) is 0 Å². The SMILES string of the molecule is CCn1c(-c2cccnc2C(C)C)c(CC(C)(C)CO)c2cc(-c3csc(C[C@H](NC(=O)OC(C)(C)C)C(=O)N4CCC[C@@H](C(=O)O)N4)n3)ccc21. The van der Waals surface area contributed by atoms with Gasteiger partial charge < -0.3 is 24.8 Å². The van der Waals surface area contributed by atoms with E-state index in [9.17, 15) is 24.6 Å². The number of rotatable bonds is 12. The predicted molar refractivity (Wildman–Crippen MR) is 203 cm³/mol. The molecule has 2 amide bonds. The number of hydrazine groups is 1. The van der Waals surface area contributed by atoms with E-state index in [0.29, 0.717) is 30.8 Å². The molecule has 5 rings (SSSR count). The second kappa shape index (κ2) is 15.7. The van der Waals surface area contributed by atoms with Crippen LogP contribution in [0.3, 0.4) is 0 Å². The summed E-state index contributed by atoms with van der Waals surface area (Å²) in [5.41, 5.74) is 8.72. The zero-order chi connectivity index (χ0) is 38.0. The number of nitrogens with one attached hydrogen (secondary N) is 2. The number of carbonyl (C=O) groups excluding carboxylic acids is 2. The van der Waals surface area contributed by atoms with Gasteiger partial charge in [-0.3, -0.25) is 19.6 Å². The number of aliphatic hydroxyl groups is 1. The van der Waals surface area contributed by atoms with Gasteiger partial charge in [-0.05, 0) is 88.1 Å². The van der Waals surface area contributed by atoms with Crippen LogP contribution in [0.2, 0.25) is 0 Å². The highest BCUT2D eigenvalue weighted by Crippen LogP contribution is 2.41. The van der Waals surface area contributed by atoms with Gasteiger partial charge in [-0.15, -0.1) is 11.3 Å². The van der Waals surface area contributed by atoms with Crippen molar-refractivity contribution in [2.24, 2.45) is 5.41 Å². The largest absolute Gasteiger partial charge is 0.480 e. The molecule has 52 heavy (non-hydrogen) atoms. The fourth-order valence-corrected chi connectivity index (χ4v) is 7.53. The molecule has 0 aliphatic carbocycles. The first kappa shape index (κ1) is 38.9. The lowest BCUT2D eigenvalue weighted by atomic mass is 9.84. The summed E-state index contributed by atoms with van der Waals surface area (Å²) in [6.07, 6.45) is 2.73. The summed E-state index contributed by atoms with van der Waals surface area (Å²) in [5, 5.41) is 27.6. The molecule has 12 nitrogen and oxygen atoms in total. The van der Waals surface area contributed by atoms with Crippen LogP contribution < -0.4 is 10.7 Å². The van der Waals surface area contributed by atoms with Crippen LogP contribution in [-0.2, 0) is 33.7 Å². The van der Waals surface area contributed by atoms with E-state index < -0.39 is 35.7 Å². The molecule has 1 fully saturated rings. The molecule has 0 saturated carbocycles. The molecule has 4 heterocycles. The predicted octanol–water partition coefficient (Wildman–Crippen LogP) is 6.55. The summed E-state index contributed by atoms with van der Waals surface area (Å²) in [7, 11) is 0. The van der Waals surface area contributed by atoms with Gasteiger partial charge in [-0.1, -0.05) is 33.8 Å². The minimum Gasteiger partial charge on any atom is -0.480 e. The molecule has 4 N–H and O–H groups in total. The second-order valence-electron chi connectivity index (χ2n) is 15.6. The Balaban J connectivity index is 1.53. The standard InChI is InChI=1S/C39H52N6O6S/c1-9-44-31-15-14-24(18-26(31)27(20-39(7,8)22-46)34(44)25-12-10-16-40-33(25)23(2)3)30-21-52-32(41-30)19-29(42-37(50)51-38(4,5)6)35(47)45-17-11-13-28(43-45)36(48)49/h10,12,14-16,18,21,23,28-29,43,46H,9,11,13,17,19-20,22H2,1-8H3,(H,42,50)(H,48,49)/t28-,29-/m0/s1. The lowest BCUT2D eigenvalue weighted by Gasteiger charge is -2.34. The average Bonchev–Trinajstić information content (AvgIpc) is 3.68. The van der Waals surface area contributed by atoms with Gasteiger partial charge in [0, 0.05) is 59.7 Å². The van der Waals surface area contributed by atoms with E-state index in [2.05, 4.69) is 74.2 Å². The molecule has 1 aliphatic rings. The van der Waals surface area contributed by atoms with Crippen LogP contribution in [0.5, 0.6) is 0 Å². The summed E-state index contributed by atoms with van der Waals surface area (Å²) in [6.45, 7) is 16.9. The van der Waals surface area contributed by atoms with E-state index in [4.69, 9.17) is 14.7 Å². The van der Waals surface area contributed by atoms with E-state index in [0.717, 1.165) is 51.2 Å². The zero-order valence-electron chi connectivity index (χ0n) is 31.4. The maximum atomic E-state index is 13.8. The lowest BCUT2D eigenvalue weighted by Crippen LogP contribution is -2.60. The maximum Gasteiger partial charge on any atom is 0.408 e. The summed E-state index contributed by atoms with van der Waals surface area (Å²) < 4.78 is 7.80. The number of carbonyl (C=O) groups is 3. The van der Waals surface area contributed by atoms with Crippen molar-refractivity contribution in [2.45, 2.75) is 111 Å². The van der Waals surface area contributed by atoms with E-state index in [1.54, 1.807) is 20.8 Å². The fraction of sp³-hybridized carbons (Fsp3) is 0.513. The van der Waals surface area contributed by atoms with E-state index in [1.165, 1.54) is 16.3 Å². The Morgan fingerprint density at radius 1 is 1.15 bits per heavy atom. The molecule has 13 heteroatoms.